The van der Waals surface area contributed by atoms with E-state index in [1.807, 2.05) is 33.9 Å². The molecule has 234 valence electrons. The van der Waals surface area contributed by atoms with Gasteiger partial charge in [-0.05, 0) is 42.6 Å². The number of carbonyl (C=O) groups is 3. The van der Waals surface area contributed by atoms with Gasteiger partial charge in [-0.2, -0.15) is 12.7 Å². The maximum Gasteiger partial charge on any atom is 0.547 e. The van der Waals surface area contributed by atoms with Crippen molar-refractivity contribution < 1.29 is 46.8 Å². The predicted octanol–water partition coefficient (Wildman–Crippen LogP) is 1.93. The van der Waals surface area contributed by atoms with Gasteiger partial charge in [-0.1, -0.05) is 37.4 Å². The molecule has 1 aromatic carbocycles. The number of hydroxylamine groups is 1. The number of nitrogen functional groups attached to an aromatic ring is 1. The molecule has 2 amide bonds. The number of anilines is 1. The molecule has 1 unspecified atom stereocenters. The Morgan fingerprint density at radius 2 is 1.98 bits per heavy atom. The highest BCUT2D eigenvalue weighted by Gasteiger charge is 2.47. The van der Waals surface area contributed by atoms with Crippen LogP contribution in [0.3, 0.4) is 0 Å². The van der Waals surface area contributed by atoms with Gasteiger partial charge in [0, 0.05) is 18.5 Å². The first-order valence-electron chi connectivity index (χ1n) is 13.3. The van der Waals surface area contributed by atoms with Gasteiger partial charge < -0.3 is 35.1 Å². The summed E-state index contributed by atoms with van der Waals surface area (Å²) in [5.74, 6) is -3.29. The number of aromatic carboxylic acids is 1. The summed E-state index contributed by atoms with van der Waals surface area (Å²) in [6.45, 7) is 9.42. The fourth-order valence-corrected chi connectivity index (χ4v) is 7.71. The van der Waals surface area contributed by atoms with Crippen LogP contribution in [0.1, 0.15) is 54.9 Å². The molecule has 1 fully saturated rings. The van der Waals surface area contributed by atoms with Gasteiger partial charge in [0.25, 0.3) is 5.91 Å². The van der Waals surface area contributed by atoms with Crippen molar-refractivity contribution in [3.8, 4) is 5.75 Å². The highest BCUT2D eigenvalue weighted by molar-refractivity contribution is 7.87. The highest BCUT2D eigenvalue weighted by Crippen LogP contribution is 2.38. The smallest absolute Gasteiger partial charge is 0.534 e. The second-order valence-electron chi connectivity index (χ2n) is 11.6. The van der Waals surface area contributed by atoms with Crippen LogP contribution in [0.15, 0.2) is 23.6 Å². The van der Waals surface area contributed by atoms with Crippen molar-refractivity contribution >= 4 is 60.1 Å². The van der Waals surface area contributed by atoms with Gasteiger partial charge in [0.05, 0.1) is 11.5 Å². The van der Waals surface area contributed by atoms with Crippen LogP contribution in [0.2, 0.25) is 18.1 Å². The summed E-state index contributed by atoms with van der Waals surface area (Å²) < 4.78 is 45.0. The fraction of sp³-hybridized carbons (Fsp3) is 0.500. The molecule has 5 N–H and O–H groups in total. The molecule has 3 heterocycles. The second-order valence-corrected chi connectivity index (χ2v) is 18.9. The van der Waals surface area contributed by atoms with E-state index in [1.165, 1.54) is 17.5 Å². The minimum Gasteiger partial charge on any atom is -0.534 e. The average molecular weight is 656 g/mol. The van der Waals surface area contributed by atoms with E-state index in [2.05, 4.69) is 10.3 Å². The molecule has 2 aliphatic heterocycles. The van der Waals surface area contributed by atoms with Gasteiger partial charge in [0.15, 0.2) is 5.13 Å². The number of carboxylic acids is 1. The molecule has 2 aromatic rings. The number of rotatable bonds is 7. The first-order valence-corrected chi connectivity index (χ1v) is 18.5. The Balaban J connectivity index is 1.54. The van der Waals surface area contributed by atoms with E-state index in [4.69, 9.17) is 19.7 Å². The third kappa shape index (κ3) is 6.81. The minimum atomic E-state index is -4.46. The van der Waals surface area contributed by atoms with Crippen molar-refractivity contribution in [1.29, 1.82) is 0 Å². The molecule has 0 aliphatic carbocycles. The van der Waals surface area contributed by atoms with E-state index in [-0.39, 0.29) is 53.1 Å². The third-order valence-electron chi connectivity index (χ3n) is 7.52. The van der Waals surface area contributed by atoms with E-state index in [1.54, 1.807) is 6.07 Å². The Labute approximate surface area is 254 Å². The lowest BCUT2D eigenvalue weighted by atomic mass is 9.72. The van der Waals surface area contributed by atoms with Gasteiger partial charge in [-0.25, -0.2) is 14.6 Å². The molecule has 0 spiro atoms. The third-order valence-corrected chi connectivity index (χ3v) is 14.3. The van der Waals surface area contributed by atoms with Crippen LogP contribution >= 0.6 is 11.3 Å². The quantitative estimate of drug-likeness (QED) is 0.315. The van der Waals surface area contributed by atoms with Crippen LogP contribution in [0, 0.1) is 0 Å². The highest BCUT2D eigenvalue weighted by atomic mass is 32.2. The second kappa shape index (κ2) is 12.0. The number of fused-ring (bicyclic) bond motifs is 1. The van der Waals surface area contributed by atoms with Gasteiger partial charge in [-0.3, -0.25) is 4.79 Å². The number of thiazole rings is 1. The zero-order chi connectivity index (χ0) is 31.9. The van der Waals surface area contributed by atoms with Crippen molar-refractivity contribution in [2.75, 3.05) is 18.8 Å². The zero-order valence-corrected chi connectivity index (χ0v) is 26.9. The molecule has 2 aliphatic rings. The number of nitrogens with two attached hydrogens (primary N) is 1. The van der Waals surface area contributed by atoms with Crippen LogP contribution in [0.5, 0.6) is 5.75 Å². The van der Waals surface area contributed by atoms with E-state index in [0.29, 0.717) is 9.87 Å². The summed E-state index contributed by atoms with van der Waals surface area (Å²) in [6, 6.07) is 4.41. The molecular formula is C24H34BN5O10S2Si. The van der Waals surface area contributed by atoms with Gasteiger partial charge in [-0.15, -0.1) is 11.3 Å². The topological polar surface area (TPSA) is 211 Å². The molecule has 1 saturated heterocycles. The Morgan fingerprint density at radius 3 is 2.58 bits per heavy atom. The van der Waals surface area contributed by atoms with E-state index < -0.39 is 55.7 Å². The number of hydrogen-bond donors (Lipinski definition) is 4. The molecule has 0 bridgehead atoms. The largest absolute Gasteiger partial charge is 0.547 e. The Kier molecular flexibility index (Phi) is 9.15. The standard InChI is InChI=1S/C24H34BN5O10S2Si/c1-24(2,3)43(4,5)40-30-11-7-10-29(42(30,36)37)23(34)38-19(16-13-41-22(26)27-16)20(31)28-17-12-14-8-6-9-15(21(32)33)18(14)39-25(17)35/h6,8-9,13,17,19,35H,7,10-12H2,1-5H3,(H2,26,27)(H,28,31)(H,32,33)/t17-,19?/m0/s1. The SMILES string of the molecule is CC(C)(C)[Si](C)(C)ON1CCCN(C(=O)OC(C(=O)N[C@H]2Cc3cccc(C(=O)O)c3OB2O)c2csc(N)n2)S1(=O)=O. The lowest BCUT2D eigenvalue weighted by Gasteiger charge is -2.42. The number of nitrogens with zero attached hydrogens (tertiary/aromatic N) is 3. The molecule has 1 aromatic heterocycles. The van der Waals surface area contributed by atoms with Crippen molar-refractivity contribution in [2.24, 2.45) is 0 Å². The molecule has 2 atom stereocenters. The first kappa shape index (κ1) is 32.7. The van der Waals surface area contributed by atoms with Gasteiger partial charge in [0.1, 0.15) is 11.4 Å². The van der Waals surface area contributed by atoms with Crippen LogP contribution in [-0.4, -0.2) is 84.7 Å². The Hall–Kier alpha value is -3.23. The number of aromatic nitrogens is 1. The number of carboxylic acid groups (broad SMARTS) is 1. The zero-order valence-electron chi connectivity index (χ0n) is 24.3. The number of nitrogens with one attached hydrogen (secondary N) is 1. The molecule has 0 saturated carbocycles. The van der Waals surface area contributed by atoms with Crippen LogP contribution in [0.4, 0.5) is 9.93 Å². The number of amides is 2. The molecule has 19 heteroatoms. The van der Waals surface area contributed by atoms with Crippen molar-refractivity contribution in [1.82, 2.24) is 19.1 Å². The van der Waals surface area contributed by atoms with E-state index in [9.17, 15) is 32.9 Å². The minimum absolute atomic E-state index is 0.0104. The number of carbonyl (C=O) groups excluding carboxylic acids is 2. The Bertz CT molecular complexity index is 1520. The summed E-state index contributed by atoms with van der Waals surface area (Å²) in [6.07, 6.45) is -2.82. The Morgan fingerprint density at radius 1 is 1.28 bits per heavy atom. The van der Waals surface area contributed by atoms with Crippen molar-refractivity contribution in [2.45, 2.75) is 63.8 Å². The summed E-state index contributed by atoms with van der Waals surface area (Å²) in [7, 11) is -8.70. The average Bonchev–Trinajstić information content (AvgIpc) is 3.33. The monoisotopic (exact) mass is 655 g/mol. The predicted molar refractivity (Wildman–Crippen MR) is 159 cm³/mol. The number of ether oxygens (including phenoxy) is 1. The normalized spacial score (nSPS) is 19.6. The summed E-state index contributed by atoms with van der Waals surface area (Å²) in [5.41, 5.74) is 5.95. The summed E-state index contributed by atoms with van der Waals surface area (Å²) in [5, 5.41) is 23.7. The van der Waals surface area contributed by atoms with Gasteiger partial charge in [0.2, 0.25) is 14.4 Å². The maximum absolute atomic E-state index is 13.5. The number of benzene rings is 1. The summed E-state index contributed by atoms with van der Waals surface area (Å²) >= 11 is 0.973. The molecule has 4 rings (SSSR count). The van der Waals surface area contributed by atoms with Crippen LogP contribution in [-0.2, 0) is 30.7 Å². The van der Waals surface area contributed by atoms with Crippen LogP contribution in [0.25, 0.3) is 0 Å². The lowest BCUT2D eigenvalue weighted by Crippen LogP contribution is -2.57. The van der Waals surface area contributed by atoms with Crippen molar-refractivity contribution in [3.05, 3.63) is 40.4 Å². The van der Waals surface area contributed by atoms with Crippen LogP contribution < -0.4 is 15.7 Å². The lowest BCUT2D eigenvalue weighted by molar-refractivity contribution is -0.130. The number of hydrogen-bond acceptors (Lipinski definition) is 12. The molecule has 15 nitrogen and oxygen atoms in total. The molecular weight excluding hydrogens is 621 g/mol. The van der Waals surface area contributed by atoms with E-state index in [0.717, 1.165) is 15.8 Å². The maximum atomic E-state index is 13.5. The molecule has 0 radical (unpaired) electrons. The van der Waals surface area contributed by atoms with E-state index >= 15 is 0 Å². The van der Waals surface area contributed by atoms with Crippen molar-refractivity contribution in [3.63, 3.8) is 0 Å². The molecule has 43 heavy (non-hydrogen) atoms. The fourth-order valence-electron chi connectivity index (χ4n) is 4.16. The van der Waals surface area contributed by atoms with Gasteiger partial charge >= 0.3 is 29.4 Å². The first-order chi connectivity index (χ1) is 19.9. The number of para-hydroxylation sites is 1. The summed E-state index contributed by atoms with van der Waals surface area (Å²) in [4.78, 5) is 42.4.